The number of nitrogens with zero attached hydrogens (tertiary/aromatic N) is 4. The van der Waals surface area contributed by atoms with E-state index >= 15 is 0 Å². The molecule has 0 amide bonds. The van der Waals surface area contributed by atoms with E-state index in [0.717, 1.165) is 47.0 Å². The standard InChI is InChI=1S/C33H31N5O3S/c1-33(2)24(20-5-3-6-21(13-20)31-37-27-15-35-16-28(27)42-31)7-4-8-25(33)30-36-26-12-19(11-23(14-34)29(26)41-30)17-38-10-9-22(18-38)32(39)40/h3-8,11-13,22,24,35H,9-10,15-18H2,1-2H3,(H,39,40)/t22-,24?/m1/s1. The predicted octanol–water partition coefficient (Wildman–Crippen LogP) is 6.10. The minimum absolute atomic E-state index is 0.0873. The molecule has 0 saturated carbocycles. The molecule has 1 aliphatic carbocycles. The Balaban J connectivity index is 1.18. The zero-order chi connectivity index (χ0) is 29.0. The van der Waals surface area contributed by atoms with Crippen molar-refractivity contribution in [2.75, 3.05) is 13.1 Å². The highest BCUT2D eigenvalue weighted by Gasteiger charge is 2.38. The molecule has 0 bridgehead atoms. The summed E-state index contributed by atoms with van der Waals surface area (Å²) >= 11 is 1.76. The maximum Gasteiger partial charge on any atom is 0.307 e. The average Bonchev–Trinajstić information content (AvgIpc) is 3.76. The first-order chi connectivity index (χ1) is 20.3. The van der Waals surface area contributed by atoms with Gasteiger partial charge in [-0.2, -0.15) is 5.26 Å². The lowest BCUT2D eigenvalue weighted by Gasteiger charge is -2.36. The maximum absolute atomic E-state index is 11.4. The Morgan fingerprint density at radius 2 is 2.14 bits per heavy atom. The molecule has 2 aromatic heterocycles. The lowest BCUT2D eigenvalue weighted by Crippen LogP contribution is -2.24. The van der Waals surface area contributed by atoms with Crippen LogP contribution in [0.3, 0.4) is 0 Å². The first kappa shape index (κ1) is 26.8. The Morgan fingerprint density at radius 3 is 2.93 bits per heavy atom. The Morgan fingerprint density at radius 1 is 1.26 bits per heavy atom. The van der Waals surface area contributed by atoms with Crippen LogP contribution in [0.5, 0.6) is 0 Å². The number of hydrogen-bond donors (Lipinski definition) is 2. The summed E-state index contributed by atoms with van der Waals surface area (Å²) in [5.41, 5.74) is 6.63. The summed E-state index contributed by atoms with van der Waals surface area (Å²) in [6.45, 7) is 7.95. The van der Waals surface area contributed by atoms with Crippen molar-refractivity contribution in [3.8, 4) is 16.6 Å². The van der Waals surface area contributed by atoms with E-state index in [1.807, 2.05) is 12.1 Å². The number of benzene rings is 2. The van der Waals surface area contributed by atoms with Crippen LogP contribution >= 0.6 is 11.3 Å². The smallest absolute Gasteiger partial charge is 0.307 e. The normalized spacial score (nSPS) is 21.4. The largest absolute Gasteiger partial charge is 0.481 e. The summed E-state index contributed by atoms with van der Waals surface area (Å²) in [5.74, 6) is -0.489. The molecule has 2 atom stereocenters. The number of oxazole rings is 1. The van der Waals surface area contributed by atoms with Crippen molar-refractivity contribution in [3.63, 3.8) is 0 Å². The lowest BCUT2D eigenvalue weighted by molar-refractivity contribution is -0.141. The fourth-order valence-electron chi connectivity index (χ4n) is 6.52. The van der Waals surface area contributed by atoms with Crippen molar-refractivity contribution < 1.29 is 14.3 Å². The second kappa shape index (κ2) is 10.3. The van der Waals surface area contributed by atoms with Gasteiger partial charge >= 0.3 is 5.97 Å². The number of allylic oxidation sites excluding steroid dienone is 4. The van der Waals surface area contributed by atoms with Gasteiger partial charge in [0.05, 0.1) is 17.2 Å². The van der Waals surface area contributed by atoms with E-state index in [0.29, 0.717) is 42.1 Å². The van der Waals surface area contributed by atoms with E-state index in [9.17, 15) is 15.2 Å². The van der Waals surface area contributed by atoms with Crippen LogP contribution in [0.25, 0.3) is 27.2 Å². The highest BCUT2D eigenvalue weighted by atomic mass is 32.1. The number of thiazole rings is 1. The quantitative estimate of drug-likeness (QED) is 0.283. The number of fused-ring (bicyclic) bond motifs is 2. The number of likely N-dealkylation sites (tertiary alicyclic amines) is 1. The Kier molecular flexibility index (Phi) is 6.58. The molecular weight excluding hydrogens is 546 g/mol. The Hall–Kier alpha value is -4.10. The molecule has 42 heavy (non-hydrogen) atoms. The van der Waals surface area contributed by atoms with E-state index in [1.54, 1.807) is 11.3 Å². The minimum Gasteiger partial charge on any atom is -0.481 e. The molecule has 1 unspecified atom stereocenters. The lowest BCUT2D eigenvalue weighted by atomic mass is 9.67. The number of rotatable bonds is 6. The van der Waals surface area contributed by atoms with Crippen LogP contribution < -0.4 is 5.32 Å². The number of nitrogens with one attached hydrogen (secondary N) is 1. The van der Waals surface area contributed by atoms with Gasteiger partial charge in [0.2, 0.25) is 5.89 Å². The average molecular weight is 578 g/mol. The highest BCUT2D eigenvalue weighted by molar-refractivity contribution is 7.15. The third-order valence-electron chi connectivity index (χ3n) is 8.82. The molecule has 2 aromatic carbocycles. The van der Waals surface area contributed by atoms with Crippen molar-refractivity contribution >= 4 is 34.0 Å². The number of aromatic nitrogens is 2. The van der Waals surface area contributed by atoms with Crippen molar-refractivity contribution in [3.05, 3.63) is 87.8 Å². The van der Waals surface area contributed by atoms with Gasteiger partial charge in [-0.1, -0.05) is 50.3 Å². The summed E-state index contributed by atoms with van der Waals surface area (Å²) in [7, 11) is 0. The van der Waals surface area contributed by atoms with E-state index in [1.165, 1.54) is 10.4 Å². The van der Waals surface area contributed by atoms with Crippen LogP contribution in [-0.2, 0) is 24.4 Å². The summed E-state index contributed by atoms with van der Waals surface area (Å²) in [6.07, 6.45) is 7.00. The molecule has 1 saturated heterocycles. The minimum atomic E-state index is -0.752. The van der Waals surface area contributed by atoms with Crippen LogP contribution in [0.2, 0.25) is 0 Å². The SMILES string of the molecule is CC1(C)C(c2nc3cc(CN4CC[C@@H](C(=O)O)C4)cc(C#N)c3o2)=CC=CC1c1cccc(-c2nc3c(s2)CNC3)c1. The van der Waals surface area contributed by atoms with Crippen molar-refractivity contribution in [2.24, 2.45) is 11.3 Å². The van der Waals surface area contributed by atoms with Gasteiger partial charge in [0, 0.05) is 53.5 Å². The monoisotopic (exact) mass is 577 g/mol. The second-order valence-corrected chi connectivity index (χ2v) is 13.0. The Labute approximate surface area is 248 Å². The number of carboxylic acids is 1. The van der Waals surface area contributed by atoms with Gasteiger partial charge in [0.15, 0.2) is 5.58 Å². The molecular formula is C33H31N5O3S. The summed E-state index contributed by atoms with van der Waals surface area (Å²) in [6, 6.07) is 14.7. The van der Waals surface area contributed by atoms with E-state index in [2.05, 4.69) is 72.6 Å². The van der Waals surface area contributed by atoms with Gasteiger partial charge in [0.1, 0.15) is 16.6 Å². The highest BCUT2D eigenvalue weighted by Crippen LogP contribution is 2.50. The van der Waals surface area contributed by atoms with Gasteiger partial charge in [-0.05, 0) is 42.3 Å². The third-order valence-corrected chi connectivity index (χ3v) is 9.96. The maximum atomic E-state index is 11.4. The van der Waals surface area contributed by atoms with Crippen LogP contribution in [-0.4, -0.2) is 39.0 Å². The molecule has 0 radical (unpaired) electrons. The van der Waals surface area contributed by atoms with E-state index in [4.69, 9.17) is 14.4 Å². The molecule has 2 N–H and O–H groups in total. The van der Waals surface area contributed by atoms with Crippen molar-refractivity contribution in [1.29, 1.82) is 5.26 Å². The van der Waals surface area contributed by atoms with Gasteiger partial charge < -0.3 is 14.8 Å². The van der Waals surface area contributed by atoms with E-state index in [-0.39, 0.29) is 17.3 Å². The van der Waals surface area contributed by atoms with Crippen LogP contribution in [0, 0.1) is 22.7 Å². The molecule has 9 heteroatoms. The number of nitriles is 1. The van der Waals surface area contributed by atoms with Gasteiger partial charge in [-0.3, -0.25) is 9.69 Å². The molecule has 4 aromatic rings. The Bertz CT molecular complexity index is 1800. The first-order valence-corrected chi connectivity index (χ1v) is 15.1. The van der Waals surface area contributed by atoms with Crippen molar-refractivity contribution in [1.82, 2.24) is 20.2 Å². The van der Waals surface area contributed by atoms with Gasteiger partial charge in [-0.25, -0.2) is 9.97 Å². The van der Waals surface area contributed by atoms with Gasteiger partial charge in [0.25, 0.3) is 0 Å². The van der Waals surface area contributed by atoms with E-state index < -0.39 is 5.97 Å². The number of carboxylic acid groups (broad SMARTS) is 1. The molecule has 2 aliphatic heterocycles. The van der Waals surface area contributed by atoms with Crippen LogP contribution in [0.4, 0.5) is 0 Å². The molecule has 3 aliphatic rings. The third kappa shape index (κ3) is 4.66. The fraction of sp³-hybridized carbons (Fsp3) is 0.333. The zero-order valence-electron chi connectivity index (χ0n) is 23.6. The predicted molar refractivity (Wildman–Crippen MR) is 161 cm³/mol. The molecule has 7 rings (SSSR count). The zero-order valence-corrected chi connectivity index (χ0v) is 24.4. The van der Waals surface area contributed by atoms with Gasteiger partial charge in [-0.15, -0.1) is 11.3 Å². The summed E-state index contributed by atoms with van der Waals surface area (Å²) in [4.78, 5) is 24.6. The molecule has 4 heterocycles. The molecule has 212 valence electrons. The summed E-state index contributed by atoms with van der Waals surface area (Å²) < 4.78 is 6.31. The number of carbonyl (C=O) groups is 1. The fourth-order valence-corrected chi connectivity index (χ4v) is 7.56. The number of aliphatic carboxylic acids is 1. The summed E-state index contributed by atoms with van der Waals surface area (Å²) in [5, 5.41) is 23.7. The van der Waals surface area contributed by atoms with Crippen LogP contribution in [0.1, 0.15) is 59.3 Å². The molecule has 8 nitrogen and oxygen atoms in total. The number of hydrogen-bond acceptors (Lipinski definition) is 8. The van der Waals surface area contributed by atoms with Crippen LogP contribution in [0.15, 0.2) is 59.0 Å². The second-order valence-electron chi connectivity index (χ2n) is 12.0. The molecule has 1 fully saturated rings. The first-order valence-electron chi connectivity index (χ1n) is 14.3. The molecule has 0 spiro atoms. The van der Waals surface area contributed by atoms with Crippen molar-refractivity contribution in [2.45, 2.75) is 45.8 Å². The topological polar surface area (TPSA) is 115 Å².